The second-order valence-corrected chi connectivity index (χ2v) is 6.06. The molecule has 6 nitrogen and oxygen atoms in total. The molecule has 0 spiro atoms. The zero-order valence-corrected chi connectivity index (χ0v) is 15.7. The zero-order valence-electron chi connectivity index (χ0n) is 15.0. The lowest BCUT2D eigenvalue weighted by atomic mass is 9.83. The lowest BCUT2D eigenvalue weighted by molar-refractivity contribution is -0.139. The van der Waals surface area contributed by atoms with Crippen LogP contribution in [0, 0.1) is 11.3 Å². The van der Waals surface area contributed by atoms with Crippen molar-refractivity contribution in [3.63, 3.8) is 0 Å². The van der Waals surface area contributed by atoms with Crippen molar-refractivity contribution in [3.8, 4) is 11.8 Å². The molecular weight excluding hydrogens is 356 g/mol. The van der Waals surface area contributed by atoms with Gasteiger partial charge in [-0.3, -0.25) is 0 Å². The number of allylic oxidation sites excluding steroid dienone is 2. The van der Waals surface area contributed by atoms with E-state index in [1.807, 2.05) is 13.0 Å². The summed E-state index contributed by atoms with van der Waals surface area (Å²) >= 11 is 6.32. The summed E-state index contributed by atoms with van der Waals surface area (Å²) in [6.07, 6.45) is 0.852. The third-order valence-electron chi connectivity index (χ3n) is 3.85. The van der Waals surface area contributed by atoms with Gasteiger partial charge in [0, 0.05) is 0 Å². The topological polar surface area (TPSA) is 94.6 Å². The van der Waals surface area contributed by atoms with Crippen LogP contribution in [-0.4, -0.2) is 19.2 Å². The van der Waals surface area contributed by atoms with Crippen LogP contribution in [0.3, 0.4) is 0 Å². The maximum atomic E-state index is 12.5. The van der Waals surface area contributed by atoms with Crippen LogP contribution < -0.4 is 10.5 Å². The predicted octanol–water partition coefficient (Wildman–Crippen LogP) is 3.77. The van der Waals surface area contributed by atoms with Crippen LogP contribution >= 0.6 is 11.6 Å². The monoisotopic (exact) mass is 376 g/mol. The van der Waals surface area contributed by atoms with E-state index >= 15 is 0 Å². The molecule has 0 aliphatic carbocycles. The van der Waals surface area contributed by atoms with Crippen molar-refractivity contribution in [3.05, 3.63) is 51.6 Å². The Hall–Kier alpha value is -2.65. The molecule has 1 unspecified atom stereocenters. The molecule has 0 amide bonds. The molecule has 0 saturated carbocycles. The normalized spacial score (nSPS) is 16.8. The van der Waals surface area contributed by atoms with Crippen molar-refractivity contribution in [2.75, 3.05) is 13.2 Å². The minimum absolute atomic E-state index is 0.0366. The van der Waals surface area contributed by atoms with Gasteiger partial charge in [0.05, 0.1) is 29.7 Å². The summed E-state index contributed by atoms with van der Waals surface area (Å²) in [5.74, 6) is -0.473. The number of hydrogen-bond donors (Lipinski definition) is 1. The van der Waals surface area contributed by atoms with E-state index in [-0.39, 0.29) is 23.6 Å². The van der Waals surface area contributed by atoms with E-state index in [2.05, 4.69) is 0 Å². The lowest BCUT2D eigenvalue weighted by Crippen LogP contribution is -2.25. The fourth-order valence-electron chi connectivity index (χ4n) is 2.71. The minimum atomic E-state index is -0.717. The first-order chi connectivity index (χ1) is 12.4. The van der Waals surface area contributed by atoms with Gasteiger partial charge < -0.3 is 19.9 Å². The summed E-state index contributed by atoms with van der Waals surface area (Å²) in [5.41, 5.74) is 6.87. The predicted molar refractivity (Wildman–Crippen MR) is 97.2 cm³/mol. The Kier molecular flexibility index (Phi) is 6.53. The summed E-state index contributed by atoms with van der Waals surface area (Å²) in [7, 11) is 0. The molecule has 2 rings (SSSR count). The summed E-state index contributed by atoms with van der Waals surface area (Å²) in [6, 6.07) is 7.17. The number of hydrogen-bond acceptors (Lipinski definition) is 6. The minimum Gasteiger partial charge on any atom is -0.492 e. The number of ether oxygens (including phenoxy) is 3. The molecular formula is C19H21ClN2O4. The van der Waals surface area contributed by atoms with Crippen LogP contribution in [0.2, 0.25) is 5.02 Å². The highest BCUT2D eigenvalue weighted by Crippen LogP contribution is 2.41. The second kappa shape index (κ2) is 8.63. The summed E-state index contributed by atoms with van der Waals surface area (Å²) in [5, 5.41) is 9.94. The maximum absolute atomic E-state index is 12.5. The van der Waals surface area contributed by atoms with Gasteiger partial charge in [-0.05, 0) is 38.0 Å². The number of halogens is 1. The highest BCUT2D eigenvalue weighted by Gasteiger charge is 2.36. The van der Waals surface area contributed by atoms with Crippen molar-refractivity contribution in [1.29, 1.82) is 5.26 Å². The van der Waals surface area contributed by atoms with Gasteiger partial charge in [-0.25, -0.2) is 4.79 Å². The summed E-state index contributed by atoms with van der Waals surface area (Å²) in [4.78, 5) is 12.5. The van der Waals surface area contributed by atoms with Crippen LogP contribution in [0.15, 0.2) is 41.0 Å². The molecule has 0 saturated heterocycles. The highest BCUT2D eigenvalue weighted by atomic mass is 35.5. The van der Waals surface area contributed by atoms with Crippen LogP contribution in [0.5, 0.6) is 5.75 Å². The Morgan fingerprint density at radius 3 is 2.73 bits per heavy atom. The molecule has 0 radical (unpaired) electrons. The standard InChI is InChI=1S/C19H21ClN2O4/c1-4-8-25-15-7-6-12(9-14(15)20)17-13(10-21)18(22)26-11(3)16(17)19(23)24-5-2/h6-7,9,17H,4-5,8,22H2,1-3H3. The fraction of sp³-hybridized carbons (Fsp3) is 0.368. The van der Waals surface area contributed by atoms with Crippen LogP contribution in [0.25, 0.3) is 0 Å². The quantitative estimate of drug-likeness (QED) is 0.759. The van der Waals surface area contributed by atoms with Crippen LogP contribution in [0.4, 0.5) is 0 Å². The van der Waals surface area contributed by atoms with Gasteiger partial charge in [-0.2, -0.15) is 5.26 Å². The Balaban J connectivity index is 2.53. The molecule has 7 heteroatoms. The van der Waals surface area contributed by atoms with Crippen molar-refractivity contribution in [2.24, 2.45) is 5.73 Å². The summed E-state index contributed by atoms with van der Waals surface area (Å²) in [6.45, 7) is 6.06. The van der Waals surface area contributed by atoms with E-state index in [0.717, 1.165) is 6.42 Å². The molecule has 1 aromatic carbocycles. The Labute approximate surface area is 157 Å². The third-order valence-corrected chi connectivity index (χ3v) is 4.15. The number of benzene rings is 1. The number of carbonyl (C=O) groups excluding carboxylic acids is 1. The van der Waals surface area contributed by atoms with Crippen LogP contribution in [-0.2, 0) is 14.3 Å². The first-order valence-corrected chi connectivity index (χ1v) is 8.70. The third kappa shape index (κ3) is 3.94. The second-order valence-electron chi connectivity index (χ2n) is 5.65. The Morgan fingerprint density at radius 1 is 1.42 bits per heavy atom. The summed E-state index contributed by atoms with van der Waals surface area (Å²) < 4.78 is 16.1. The highest BCUT2D eigenvalue weighted by molar-refractivity contribution is 6.32. The molecule has 1 aliphatic heterocycles. The number of rotatable bonds is 6. The van der Waals surface area contributed by atoms with E-state index in [1.54, 1.807) is 32.0 Å². The molecule has 26 heavy (non-hydrogen) atoms. The first kappa shape index (κ1) is 19.7. The van der Waals surface area contributed by atoms with Gasteiger partial charge in [-0.1, -0.05) is 24.6 Å². The maximum Gasteiger partial charge on any atom is 0.338 e. The molecule has 138 valence electrons. The van der Waals surface area contributed by atoms with Gasteiger partial charge in [0.15, 0.2) is 0 Å². The van der Waals surface area contributed by atoms with Crippen LogP contribution in [0.1, 0.15) is 38.7 Å². The van der Waals surface area contributed by atoms with E-state index in [1.165, 1.54) is 0 Å². The molecule has 0 aromatic heterocycles. The van der Waals surface area contributed by atoms with E-state index in [9.17, 15) is 10.1 Å². The fourth-order valence-corrected chi connectivity index (χ4v) is 2.96. The van der Waals surface area contributed by atoms with Gasteiger partial charge in [0.1, 0.15) is 23.2 Å². The van der Waals surface area contributed by atoms with Crippen molar-refractivity contribution in [1.82, 2.24) is 0 Å². The largest absolute Gasteiger partial charge is 0.492 e. The van der Waals surface area contributed by atoms with Crippen molar-refractivity contribution >= 4 is 17.6 Å². The van der Waals surface area contributed by atoms with Gasteiger partial charge in [-0.15, -0.1) is 0 Å². The van der Waals surface area contributed by atoms with E-state index < -0.39 is 11.9 Å². The number of esters is 1. The number of nitriles is 1. The molecule has 0 bridgehead atoms. The molecule has 2 N–H and O–H groups in total. The molecule has 1 heterocycles. The molecule has 1 aromatic rings. The smallest absolute Gasteiger partial charge is 0.338 e. The van der Waals surface area contributed by atoms with E-state index in [0.29, 0.717) is 28.7 Å². The van der Waals surface area contributed by atoms with Gasteiger partial charge in [0.25, 0.3) is 0 Å². The van der Waals surface area contributed by atoms with Gasteiger partial charge >= 0.3 is 5.97 Å². The lowest BCUT2D eigenvalue weighted by Gasteiger charge is -2.27. The van der Waals surface area contributed by atoms with E-state index in [4.69, 9.17) is 31.5 Å². The Morgan fingerprint density at radius 2 is 2.15 bits per heavy atom. The molecule has 0 fully saturated rings. The van der Waals surface area contributed by atoms with Crippen molar-refractivity contribution < 1.29 is 19.0 Å². The molecule has 1 aliphatic rings. The average molecular weight is 377 g/mol. The average Bonchev–Trinajstić information content (AvgIpc) is 2.60. The number of carbonyl (C=O) groups is 1. The Bertz CT molecular complexity index is 808. The number of nitrogens with zero attached hydrogens (tertiary/aromatic N) is 1. The molecule has 1 atom stereocenters. The van der Waals surface area contributed by atoms with Crippen molar-refractivity contribution in [2.45, 2.75) is 33.1 Å². The first-order valence-electron chi connectivity index (χ1n) is 8.32. The zero-order chi connectivity index (χ0) is 19.3. The van der Waals surface area contributed by atoms with Gasteiger partial charge in [0.2, 0.25) is 5.88 Å². The number of nitrogens with two attached hydrogens (primary N) is 1. The SMILES string of the molecule is CCCOc1ccc(C2C(C#N)=C(N)OC(C)=C2C(=O)OCC)cc1Cl.